The van der Waals surface area contributed by atoms with Crippen LogP contribution in [0.3, 0.4) is 0 Å². The van der Waals surface area contributed by atoms with Gasteiger partial charge in [-0.05, 0) is 42.3 Å². The molecule has 1 heterocycles. The number of nitrogens with zero attached hydrogens (tertiary/aromatic N) is 1. The summed E-state index contributed by atoms with van der Waals surface area (Å²) < 4.78 is 10.8. The first-order valence-corrected chi connectivity index (χ1v) is 8.47. The zero-order chi connectivity index (χ0) is 18.7. The number of hydrogen-bond donors (Lipinski definition) is 1. The number of carbonyl (C=O) groups excluding carboxylic acids is 2. The molecule has 0 aliphatic carbocycles. The average Bonchev–Trinajstić information content (AvgIpc) is 3.14. The van der Waals surface area contributed by atoms with Crippen molar-refractivity contribution in [2.75, 3.05) is 20.9 Å². The Kier molecular flexibility index (Phi) is 5.11. The van der Waals surface area contributed by atoms with E-state index in [9.17, 15) is 9.59 Å². The van der Waals surface area contributed by atoms with Gasteiger partial charge in [0.1, 0.15) is 0 Å². The standard InChI is InChI=1S/C20H22N2O4/c1-13(9-19(23)21-2)22(3)20(24)16-6-4-5-14(10-16)15-7-8-17-18(11-15)26-12-25-17/h4-8,10-11,13H,9,12H2,1-3H3,(H,21,23)/t13-/m1/s1. The fourth-order valence-corrected chi connectivity index (χ4v) is 2.82. The van der Waals surface area contributed by atoms with Gasteiger partial charge < -0.3 is 19.7 Å². The molecule has 1 atom stereocenters. The molecule has 0 radical (unpaired) electrons. The average molecular weight is 354 g/mol. The molecule has 0 fully saturated rings. The van der Waals surface area contributed by atoms with Crippen LogP contribution in [-0.2, 0) is 4.79 Å². The lowest BCUT2D eigenvalue weighted by Gasteiger charge is -2.24. The number of fused-ring (bicyclic) bond motifs is 1. The zero-order valence-corrected chi connectivity index (χ0v) is 15.1. The Morgan fingerprint density at radius 2 is 1.85 bits per heavy atom. The van der Waals surface area contributed by atoms with Gasteiger partial charge in [-0.2, -0.15) is 0 Å². The molecular weight excluding hydrogens is 332 g/mol. The highest BCUT2D eigenvalue weighted by Gasteiger charge is 2.20. The smallest absolute Gasteiger partial charge is 0.253 e. The second-order valence-corrected chi connectivity index (χ2v) is 6.29. The van der Waals surface area contributed by atoms with Crippen molar-refractivity contribution in [3.8, 4) is 22.6 Å². The van der Waals surface area contributed by atoms with Crippen molar-refractivity contribution in [1.82, 2.24) is 10.2 Å². The van der Waals surface area contributed by atoms with Gasteiger partial charge in [0, 0.05) is 32.1 Å². The van der Waals surface area contributed by atoms with Crippen LogP contribution in [-0.4, -0.2) is 43.6 Å². The Bertz CT molecular complexity index is 834. The van der Waals surface area contributed by atoms with Gasteiger partial charge in [-0.3, -0.25) is 9.59 Å². The van der Waals surface area contributed by atoms with Crippen LogP contribution in [0.25, 0.3) is 11.1 Å². The van der Waals surface area contributed by atoms with Crippen molar-refractivity contribution in [1.29, 1.82) is 0 Å². The highest BCUT2D eigenvalue weighted by Crippen LogP contribution is 2.36. The summed E-state index contributed by atoms with van der Waals surface area (Å²) in [6.07, 6.45) is 0.264. The van der Waals surface area contributed by atoms with Crippen molar-refractivity contribution in [2.45, 2.75) is 19.4 Å². The second-order valence-electron chi connectivity index (χ2n) is 6.29. The summed E-state index contributed by atoms with van der Waals surface area (Å²) >= 11 is 0. The minimum atomic E-state index is -0.198. The van der Waals surface area contributed by atoms with Gasteiger partial charge in [0.2, 0.25) is 12.7 Å². The van der Waals surface area contributed by atoms with Crippen molar-refractivity contribution in [3.05, 3.63) is 48.0 Å². The second kappa shape index (κ2) is 7.47. The summed E-state index contributed by atoms with van der Waals surface area (Å²) in [4.78, 5) is 25.9. The van der Waals surface area contributed by atoms with E-state index < -0.39 is 0 Å². The van der Waals surface area contributed by atoms with Gasteiger partial charge in [0.25, 0.3) is 5.91 Å². The number of amides is 2. The highest BCUT2D eigenvalue weighted by atomic mass is 16.7. The van der Waals surface area contributed by atoms with Crippen LogP contribution in [0.2, 0.25) is 0 Å². The van der Waals surface area contributed by atoms with Crippen LogP contribution in [0.5, 0.6) is 11.5 Å². The lowest BCUT2D eigenvalue weighted by molar-refractivity contribution is -0.121. The first kappa shape index (κ1) is 17.8. The molecule has 0 saturated heterocycles. The maximum Gasteiger partial charge on any atom is 0.253 e. The number of carbonyl (C=O) groups is 2. The van der Waals surface area contributed by atoms with Crippen molar-refractivity contribution < 1.29 is 19.1 Å². The fraction of sp³-hybridized carbons (Fsp3) is 0.300. The molecule has 26 heavy (non-hydrogen) atoms. The van der Waals surface area contributed by atoms with E-state index in [2.05, 4.69) is 5.32 Å². The minimum absolute atomic E-state index is 0.0914. The van der Waals surface area contributed by atoms with Gasteiger partial charge in [-0.1, -0.05) is 18.2 Å². The number of rotatable bonds is 5. The molecule has 0 aromatic heterocycles. The number of benzene rings is 2. The molecule has 6 heteroatoms. The summed E-state index contributed by atoms with van der Waals surface area (Å²) in [5.74, 6) is 1.22. The predicted octanol–water partition coefficient (Wildman–Crippen LogP) is 2.68. The Labute approximate surface area is 152 Å². The van der Waals surface area contributed by atoms with Gasteiger partial charge in [0.15, 0.2) is 11.5 Å². The number of nitrogens with one attached hydrogen (secondary N) is 1. The summed E-state index contributed by atoms with van der Waals surface area (Å²) in [5, 5.41) is 2.58. The van der Waals surface area contributed by atoms with E-state index in [1.165, 1.54) is 0 Å². The third-order valence-corrected chi connectivity index (χ3v) is 4.56. The molecule has 2 amide bonds. The first-order chi connectivity index (χ1) is 12.5. The topological polar surface area (TPSA) is 67.9 Å². The highest BCUT2D eigenvalue weighted by molar-refractivity contribution is 5.96. The van der Waals surface area contributed by atoms with Gasteiger partial charge in [-0.15, -0.1) is 0 Å². The normalized spacial score (nSPS) is 13.2. The van der Waals surface area contributed by atoms with Crippen LogP contribution < -0.4 is 14.8 Å². The Morgan fingerprint density at radius 1 is 1.12 bits per heavy atom. The third-order valence-electron chi connectivity index (χ3n) is 4.56. The summed E-state index contributed by atoms with van der Waals surface area (Å²) in [5.41, 5.74) is 2.44. The van der Waals surface area contributed by atoms with E-state index >= 15 is 0 Å². The molecule has 2 aromatic carbocycles. The Balaban J connectivity index is 1.80. The molecule has 0 unspecified atom stereocenters. The molecule has 3 rings (SSSR count). The lowest BCUT2D eigenvalue weighted by atomic mass is 10.0. The van der Waals surface area contributed by atoms with Gasteiger partial charge in [0.05, 0.1) is 0 Å². The molecule has 0 saturated carbocycles. The monoisotopic (exact) mass is 354 g/mol. The molecule has 2 aromatic rings. The summed E-state index contributed by atoms with van der Waals surface area (Å²) in [6.45, 7) is 2.08. The van der Waals surface area contributed by atoms with Crippen molar-refractivity contribution >= 4 is 11.8 Å². The predicted molar refractivity (Wildman–Crippen MR) is 98.2 cm³/mol. The summed E-state index contributed by atoms with van der Waals surface area (Å²) in [6, 6.07) is 12.9. The van der Waals surface area contributed by atoms with Crippen LogP contribution in [0, 0.1) is 0 Å². The van der Waals surface area contributed by atoms with E-state index in [1.54, 1.807) is 25.1 Å². The van der Waals surface area contributed by atoms with Crippen LogP contribution in [0.4, 0.5) is 0 Å². The number of hydrogen-bond acceptors (Lipinski definition) is 4. The third kappa shape index (κ3) is 3.64. The van der Waals surface area contributed by atoms with Gasteiger partial charge in [-0.25, -0.2) is 0 Å². The molecule has 1 N–H and O–H groups in total. The molecule has 136 valence electrons. The zero-order valence-electron chi connectivity index (χ0n) is 15.1. The molecule has 1 aliphatic rings. The first-order valence-electron chi connectivity index (χ1n) is 8.47. The van der Waals surface area contributed by atoms with Crippen LogP contribution >= 0.6 is 0 Å². The maximum absolute atomic E-state index is 12.8. The molecular formula is C20H22N2O4. The SMILES string of the molecule is CNC(=O)C[C@@H](C)N(C)C(=O)c1cccc(-c2ccc3c(c2)OCO3)c1. The van der Waals surface area contributed by atoms with E-state index in [-0.39, 0.29) is 31.1 Å². The van der Waals surface area contributed by atoms with Crippen LogP contribution in [0.1, 0.15) is 23.7 Å². The largest absolute Gasteiger partial charge is 0.454 e. The van der Waals surface area contributed by atoms with Crippen LogP contribution in [0.15, 0.2) is 42.5 Å². The lowest BCUT2D eigenvalue weighted by Crippen LogP contribution is -2.38. The van der Waals surface area contributed by atoms with E-state index in [0.29, 0.717) is 11.3 Å². The van der Waals surface area contributed by atoms with Crippen molar-refractivity contribution in [3.63, 3.8) is 0 Å². The minimum Gasteiger partial charge on any atom is -0.454 e. The molecule has 1 aliphatic heterocycles. The Hall–Kier alpha value is -3.02. The maximum atomic E-state index is 12.8. The van der Waals surface area contributed by atoms with E-state index in [4.69, 9.17) is 9.47 Å². The number of ether oxygens (including phenoxy) is 2. The molecule has 6 nitrogen and oxygen atoms in total. The van der Waals surface area contributed by atoms with E-state index in [0.717, 1.165) is 16.9 Å². The molecule has 0 spiro atoms. The quantitative estimate of drug-likeness (QED) is 0.896. The fourth-order valence-electron chi connectivity index (χ4n) is 2.82. The van der Waals surface area contributed by atoms with Crippen molar-refractivity contribution in [2.24, 2.45) is 0 Å². The Morgan fingerprint density at radius 3 is 2.62 bits per heavy atom. The molecule has 0 bridgehead atoms. The van der Waals surface area contributed by atoms with Gasteiger partial charge >= 0.3 is 0 Å². The van der Waals surface area contributed by atoms with E-state index in [1.807, 2.05) is 43.3 Å². The summed E-state index contributed by atoms with van der Waals surface area (Å²) in [7, 11) is 3.30.